The van der Waals surface area contributed by atoms with Gasteiger partial charge < -0.3 is 18.0 Å². The maximum atomic E-state index is 5.20. The molecular weight excluding hydrogens is 322 g/mol. The molecule has 0 aromatic carbocycles. The number of nitrogens with zero attached hydrogens (tertiary/aromatic N) is 2. The van der Waals surface area contributed by atoms with Gasteiger partial charge in [0, 0.05) is 14.2 Å². The third-order valence-electron chi connectivity index (χ3n) is 4.40. The Labute approximate surface area is 148 Å². The van der Waals surface area contributed by atoms with Crippen LogP contribution in [0.2, 0.25) is 19.6 Å². The molecule has 0 aliphatic rings. The Morgan fingerprint density at radius 3 is 1.22 bits per heavy atom. The van der Waals surface area contributed by atoms with Gasteiger partial charge in [-0.2, -0.15) is 0 Å². The molecule has 0 heterocycles. The van der Waals surface area contributed by atoms with E-state index >= 15 is 0 Å². The highest BCUT2D eigenvalue weighted by molar-refractivity contribution is 6.71. The summed E-state index contributed by atoms with van der Waals surface area (Å²) in [7, 11) is 0.0375. The van der Waals surface area contributed by atoms with Crippen LogP contribution in [0.4, 0.5) is 0 Å². The van der Waals surface area contributed by atoms with Crippen LogP contribution in [0.15, 0.2) is 0 Å². The quantitative estimate of drug-likeness (QED) is 0.602. The van der Waals surface area contributed by atoms with E-state index in [-0.39, 0.29) is 0 Å². The van der Waals surface area contributed by atoms with Crippen molar-refractivity contribution < 1.29 is 8.85 Å². The molecule has 0 aliphatic carbocycles. The first-order chi connectivity index (χ1) is 10.6. The van der Waals surface area contributed by atoms with E-state index in [9.17, 15) is 0 Å². The van der Waals surface area contributed by atoms with Crippen LogP contribution >= 0.6 is 0 Å². The number of hydrogen-bond donors (Lipinski definition) is 1. The third-order valence-corrected chi connectivity index (χ3v) is 11.4. The maximum absolute atomic E-state index is 5.20. The molecule has 0 saturated carbocycles. The molecule has 0 radical (unpaired) electrons. The Hall–Kier alpha value is 0.234. The third kappa shape index (κ3) is 9.33. The number of hydrogen-bond acceptors (Lipinski definition) is 5. The molecule has 23 heavy (non-hydrogen) atoms. The van der Waals surface area contributed by atoms with Gasteiger partial charge in [0.05, 0.1) is 0 Å². The summed E-state index contributed by atoms with van der Waals surface area (Å²) in [4.78, 5) is 3.25. The fraction of sp³-hybridized carbons (Fsp3) is 1.00. The van der Waals surface area contributed by atoms with Crippen molar-refractivity contribution in [3.8, 4) is 0 Å². The molecule has 0 aromatic rings. The van der Waals surface area contributed by atoms with Crippen LogP contribution in [0.1, 0.15) is 41.5 Å². The maximum Gasteiger partial charge on any atom is 0.421 e. The summed E-state index contributed by atoms with van der Waals surface area (Å²) >= 11 is 0. The molecule has 0 amide bonds. The summed E-state index contributed by atoms with van der Waals surface area (Å²) in [6, 6.07) is 0.413. The molecule has 0 rings (SSSR count). The molecule has 0 aromatic heterocycles. The van der Waals surface area contributed by atoms with Gasteiger partial charge >= 0.3 is 8.72 Å². The summed E-state index contributed by atoms with van der Waals surface area (Å²) in [6.07, 6.45) is 0. The highest BCUT2D eigenvalue weighted by Gasteiger charge is 2.32. The van der Waals surface area contributed by atoms with Gasteiger partial charge in [-0.15, -0.1) is 0 Å². The van der Waals surface area contributed by atoms with Crippen molar-refractivity contribution in [2.75, 3.05) is 40.4 Å². The fourth-order valence-electron chi connectivity index (χ4n) is 2.92. The predicted octanol–water partition coefficient (Wildman–Crippen LogP) is 3.22. The van der Waals surface area contributed by atoms with E-state index in [0.29, 0.717) is 6.04 Å². The zero-order chi connectivity index (χ0) is 18.7. The Morgan fingerprint density at radius 2 is 1.09 bits per heavy atom. The number of rotatable bonds is 10. The zero-order valence-electron chi connectivity index (χ0n) is 17.6. The van der Waals surface area contributed by atoms with E-state index in [1.807, 2.05) is 6.55 Å². The minimum Gasteiger partial charge on any atom is -0.386 e. The normalized spacial score (nSPS) is 12.8. The van der Waals surface area contributed by atoms with E-state index in [1.165, 1.54) is 26.2 Å². The SMILES string of the molecule is CCN(CC)[Si](C)(C)N(CC)CC.CO[Si](C)(NC(C)C)OC. The first-order valence-electron chi connectivity index (χ1n) is 8.96. The van der Waals surface area contributed by atoms with Crippen molar-refractivity contribution in [2.45, 2.75) is 67.2 Å². The molecule has 5 nitrogen and oxygen atoms in total. The van der Waals surface area contributed by atoms with Crippen molar-refractivity contribution >= 4 is 17.1 Å². The Morgan fingerprint density at radius 1 is 0.783 bits per heavy atom. The Bertz CT molecular complexity index is 266. The van der Waals surface area contributed by atoms with Crippen LogP contribution in [-0.2, 0) is 8.85 Å². The Kier molecular flexibility index (Phi) is 13.9. The van der Waals surface area contributed by atoms with Gasteiger partial charge in [0.2, 0.25) is 0 Å². The van der Waals surface area contributed by atoms with E-state index in [4.69, 9.17) is 8.85 Å². The summed E-state index contributed by atoms with van der Waals surface area (Å²) in [5, 5.41) is 0. The molecule has 1 N–H and O–H groups in total. The van der Waals surface area contributed by atoms with Gasteiger partial charge in [-0.3, -0.25) is 4.98 Å². The Balaban J connectivity index is 0. The van der Waals surface area contributed by atoms with Gasteiger partial charge in [0.1, 0.15) is 0 Å². The standard InChI is InChI=1S/C10H26N2Si.C6H17NO2Si/c1-7-11(8-2)13(5,6)12(9-3)10-4;1-6(2)7-10(5,8-3)9-4/h7-10H2,1-6H3;6-7H,1-5H3. The molecule has 7 heteroatoms. The molecule has 0 unspecified atom stereocenters. The van der Waals surface area contributed by atoms with Crippen molar-refractivity contribution in [3.63, 3.8) is 0 Å². The van der Waals surface area contributed by atoms with E-state index in [1.54, 1.807) is 14.2 Å². The molecule has 142 valence electrons. The van der Waals surface area contributed by atoms with Crippen molar-refractivity contribution in [1.29, 1.82) is 0 Å². The minimum absolute atomic E-state index is 0.413. The molecule has 0 fully saturated rings. The molecule has 0 spiro atoms. The largest absolute Gasteiger partial charge is 0.421 e. The van der Waals surface area contributed by atoms with Crippen molar-refractivity contribution in [1.82, 2.24) is 14.1 Å². The van der Waals surface area contributed by atoms with Crippen molar-refractivity contribution in [2.24, 2.45) is 0 Å². The van der Waals surface area contributed by atoms with E-state index < -0.39 is 17.1 Å². The lowest BCUT2D eigenvalue weighted by molar-refractivity contribution is 0.231. The second-order valence-electron chi connectivity index (χ2n) is 6.49. The second-order valence-corrected chi connectivity index (χ2v) is 13.7. The number of nitrogens with one attached hydrogen (secondary N) is 1. The minimum atomic E-state index is -2.01. The van der Waals surface area contributed by atoms with Crippen LogP contribution in [0.5, 0.6) is 0 Å². The van der Waals surface area contributed by atoms with Crippen LogP contribution < -0.4 is 4.98 Å². The van der Waals surface area contributed by atoms with Crippen molar-refractivity contribution in [3.05, 3.63) is 0 Å². The van der Waals surface area contributed by atoms with Gasteiger partial charge in [0.25, 0.3) is 0 Å². The first kappa shape index (κ1) is 25.5. The molecular formula is C16H43N3O2Si2. The van der Waals surface area contributed by atoms with Crippen LogP contribution in [0.25, 0.3) is 0 Å². The molecule has 0 aliphatic heterocycles. The highest BCUT2D eigenvalue weighted by atomic mass is 28.4. The average Bonchev–Trinajstić information content (AvgIpc) is 2.49. The zero-order valence-corrected chi connectivity index (χ0v) is 19.6. The lowest BCUT2D eigenvalue weighted by atomic mass is 10.4. The second kappa shape index (κ2) is 12.6. The summed E-state index contributed by atoms with van der Waals surface area (Å²) in [5.41, 5.74) is 0. The lowest BCUT2D eigenvalue weighted by Crippen LogP contribution is -2.61. The van der Waals surface area contributed by atoms with Gasteiger partial charge in [-0.25, -0.2) is 0 Å². The molecule has 0 atom stereocenters. The smallest absolute Gasteiger partial charge is 0.386 e. The van der Waals surface area contributed by atoms with E-state index in [0.717, 1.165) is 0 Å². The monoisotopic (exact) mass is 365 g/mol. The topological polar surface area (TPSA) is 37.0 Å². The van der Waals surface area contributed by atoms with Crippen LogP contribution in [0.3, 0.4) is 0 Å². The van der Waals surface area contributed by atoms with Gasteiger partial charge in [0.15, 0.2) is 8.40 Å². The highest BCUT2D eigenvalue weighted by Crippen LogP contribution is 2.14. The molecule has 0 saturated heterocycles. The summed E-state index contributed by atoms with van der Waals surface area (Å²) in [5.74, 6) is 0. The van der Waals surface area contributed by atoms with Gasteiger partial charge in [-0.1, -0.05) is 41.5 Å². The predicted molar refractivity (Wildman–Crippen MR) is 107 cm³/mol. The van der Waals surface area contributed by atoms with Crippen LogP contribution in [0, 0.1) is 0 Å². The molecule has 0 bridgehead atoms. The van der Waals surface area contributed by atoms with Crippen LogP contribution in [-0.4, -0.2) is 72.7 Å². The first-order valence-corrected chi connectivity index (χ1v) is 14.2. The average molecular weight is 366 g/mol. The fourth-order valence-corrected chi connectivity index (χ4v) is 7.87. The summed E-state index contributed by atoms with van der Waals surface area (Å²) in [6.45, 7) is 24.8. The lowest BCUT2D eigenvalue weighted by Gasteiger charge is -2.43. The summed E-state index contributed by atoms with van der Waals surface area (Å²) < 4.78 is 15.7. The van der Waals surface area contributed by atoms with E-state index in [2.05, 4.69) is 68.7 Å². The van der Waals surface area contributed by atoms with Gasteiger partial charge in [-0.05, 0) is 51.9 Å².